The summed E-state index contributed by atoms with van der Waals surface area (Å²) in [5.41, 5.74) is 0. The van der Waals surface area contributed by atoms with Crippen molar-refractivity contribution in [2.24, 2.45) is 0 Å². The summed E-state index contributed by atoms with van der Waals surface area (Å²) in [5, 5.41) is 0. The Hall–Kier alpha value is -1.55. The van der Waals surface area contributed by atoms with Crippen molar-refractivity contribution in [3.63, 3.8) is 0 Å². The second-order valence-corrected chi connectivity index (χ2v) is 2.83. The molecular weight excluding hydrogens is 286 g/mol. The van der Waals surface area contributed by atoms with Crippen LogP contribution in [0.1, 0.15) is 6.42 Å². The zero-order chi connectivity index (χ0) is 15.1. The molecule has 110 valence electrons. The third-order valence-electron chi connectivity index (χ3n) is 1.53. The molecule has 0 aromatic carbocycles. The van der Waals surface area contributed by atoms with Crippen molar-refractivity contribution < 1.29 is 45.6 Å². The molecule has 0 fully saturated rings. The monoisotopic (exact) mass is 294 g/mol. The van der Waals surface area contributed by atoms with Crippen LogP contribution in [-0.2, 0) is 19.3 Å². The molecule has 0 aliphatic carbocycles. The van der Waals surface area contributed by atoms with Crippen LogP contribution in [0.3, 0.4) is 0 Å². The zero-order valence-electron chi connectivity index (χ0n) is 9.39. The first-order valence-electron chi connectivity index (χ1n) is 4.53. The fraction of sp³-hybridized carbons (Fsp3) is 0.444. The highest BCUT2D eigenvalue weighted by Gasteiger charge is 2.42. The first kappa shape index (κ1) is 17.4. The summed E-state index contributed by atoms with van der Waals surface area (Å²) in [5.74, 6) is -9.10. The van der Waals surface area contributed by atoms with Crippen molar-refractivity contribution in [3.8, 4) is 0 Å². The maximum atomic E-state index is 12.7. The number of rotatable bonds is 7. The molecule has 0 amide bonds. The van der Waals surface area contributed by atoms with E-state index < -0.39 is 48.9 Å². The van der Waals surface area contributed by atoms with Crippen LogP contribution in [0.4, 0.5) is 26.3 Å². The predicted octanol–water partition coefficient (Wildman–Crippen LogP) is 3.02. The van der Waals surface area contributed by atoms with Crippen LogP contribution in [0.25, 0.3) is 0 Å². The molecule has 0 bridgehead atoms. The van der Waals surface area contributed by atoms with Crippen LogP contribution in [0.15, 0.2) is 23.8 Å². The van der Waals surface area contributed by atoms with Gasteiger partial charge in [-0.3, -0.25) is 4.79 Å². The van der Waals surface area contributed by atoms with E-state index in [4.69, 9.17) is 0 Å². The number of allylic oxidation sites excluding steroid dienone is 2. The fourth-order valence-electron chi connectivity index (χ4n) is 0.660. The van der Waals surface area contributed by atoms with Gasteiger partial charge in [0, 0.05) is 0 Å². The number of hydrogen-bond acceptors (Lipinski definition) is 4. The molecule has 19 heavy (non-hydrogen) atoms. The third kappa shape index (κ3) is 5.75. The molecule has 0 spiro atoms. The van der Waals surface area contributed by atoms with Gasteiger partial charge >= 0.3 is 12.1 Å². The van der Waals surface area contributed by atoms with Crippen molar-refractivity contribution >= 4 is 5.97 Å². The Morgan fingerprint density at radius 3 is 2.32 bits per heavy atom. The Bertz CT molecular complexity index is 379. The van der Waals surface area contributed by atoms with Crippen LogP contribution in [0.5, 0.6) is 0 Å². The molecule has 4 nitrogen and oxygen atoms in total. The van der Waals surface area contributed by atoms with E-state index >= 15 is 0 Å². The Balaban J connectivity index is 4.50. The van der Waals surface area contributed by atoms with Crippen LogP contribution < -0.4 is 0 Å². The number of carbonyl (C=O) groups is 1. The Kier molecular flexibility index (Phi) is 7.16. The number of carbonyl (C=O) groups excluding carboxylic acids is 1. The van der Waals surface area contributed by atoms with Crippen molar-refractivity contribution in [1.82, 2.24) is 0 Å². The van der Waals surface area contributed by atoms with Crippen LogP contribution in [-0.4, -0.2) is 25.8 Å². The molecule has 0 aromatic heterocycles. The number of alkyl halides is 2. The van der Waals surface area contributed by atoms with Gasteiger partial charge in [0.15, 0.2) is 5.83 Å². The molecule has 0 saturated carbocycles. The van der Waals surface area contributed by atoms with Crippen LogP contribution in [0, 0.1) is 0 Å². The predicted molar refractivity (Wildman–Crippen MR) is 48.2 cm³/mol. The average Bonchev–Trinajstić information content (AvgIpc) is 2.40. The highest BCUT2D eigenvalue weighted by molar-refractivity contribution is 5.69. The van der Waals surface area contributed by atoms with Gasteiger partial charge in [-0.05, 0) is 0 Å². The summed E-state index contributed by atoms with van der Waals surface area (Å²) in [6.07, 6.45) is -6.54. The quantitative estimate of drug-likeness (QED) is 0.181. The molecule has 0 N–H and O–H groups in total. The van der Waals surface area contributed by atoms with E-state index in [0.717, 1.165) is 7.11 Å². The number of hydrogen-bond donors (Lipinski definition) is 0. The summed E-state index contributed by atoms with van der Waals surface area (Å²) < 4.78 is 78.4. The first-order valence-corrected chi connectivity index (χ1v) is 4.53. The van der Waals surface area contributed by atoms with Gasteiger partial charge in [-0.15, -0.1) is 0 Å². The number of methoxy groups -OCH3 is 1. The lowest BCUT2D eigenvalue weighted by molar-refractivity contribution is -0.428. The van der Waals surface area contributed by atoms with Crippen molar-refractivity contribution in [1.29, 1.82) is 0 Å². The second-order valence-electron chi connectivity index (χ2n) is 2.83. The van der Waals surface area contributed by atoms with E-state index in [-0.39, 0.29) is 0 Å². The minimum absolute atomic E-state index is 0.501. The van der Waals surface area contributed by atoms with Crippen LogP contribution in [0.2, 0.25) is 0 Å². The maximum Gasteiger partial charge on any atom is 0.437 e. The minimum Gasteiger partial charge on any atom is -0.469 e. The third-order valence-corrected chi connectivity index (χ3v) is 1.53. The van der Waals surface area contributed by atoms with Gasteiger partial charge in [0.1, 0.15) is 6.33 Å². The van der Waals surface area contributed by atoms with Gasteiger partial charge in [0.2, 0.25) is 11.7 Å². The van der Waals surface area contributed by atoms with E-state index in [9.17, 15) is 31.1 Å². The molecule has 0 rings (SSSR count). The Labute approximate surface area is 103 Å². The van der Waals surface area contributed by atoms with E-state index in [1.807, 2.05) is 0 Å². The number of esters is 1. The van der Waals surface area contributed by atoms with Gasteiger partial charge in [-0.1, -0.05) is 0 Å². The summed E-state index contributed by atoms with van der Waals surface area (Å²) in [6, 6.07) is 0. The largest absolute Gasteiger partial charge is 0.469 e. The van der Waals surface area contributed by atoms with Gasteiger partial charge < -0.3 is 4.74 Å². The van der Waals surface area contributed by atoms with Gasteiger partial charge in [0.25, 0.3) is 0 Å². The molecule has 0 aliphatic heterocycles. The van der Waals surface area contributed by atoms with Crippen molar-refractivity contribution in [3.05, 3.63) is 23.8 Å². The lowest BCUT2D eigenvalue weighted by atomic mass is 10.4. The lowest BCUT2D eigenvalue weighted by Crippen LogP contribution is -2.24. The van der Waals surface area contributed by atoms with Gasteiger partial charge in [-0.2, -0.15) is 18.1 Å². The minimum atomic E-state index is -4.99. The lowest BCUT2D eigenvalue weighted by Gasteiger charge is -2.13. The van der Waals surface area contributed by atoms with Gasteiger partial charge in [0.05, 0.1) is 20.1 Å². The van der Waals surface area contributed by atoms with Gasteiger partial charge in [-0.25, -0.2) is 18.1 Å². The highest BCUT2D eigenvalue weighted by atomic mass is 19.3. The smallest absolute Gasteiger partial charge is 0.437 e. The average molecular weight is 294 g/mol. The summed E-state index contributed by atoms with van der Waals surface area (Å²) in [7, 11) is 1.02. The summed E-state index contributed by atoms with van der Waals surface area (Å²) in [4.78, 5) is 17.4. The molecule has 0 saturated heterocycles. The SMILES string of the molecule is COC(=O)CCOOC(F)(F)/C(F)=C(F)/C(F)=C/F. The molecule has 10 heteroatoms. The maximum absolute atomic E-state index is 12.7. The molecule has 0 radical (unpaired) electrons. The Morgan fingerprint density at radius 1 is 1.26 bits per heavy atom. The summed E-state index contributed by atoms with van der Waals surface area (Å²) in [6.45, 7) is -0.751. The number of halogens is 6. The molecule has 0 unspecified atom stereocenters. The molecule has 0 heterocycles. The highest BCUT2D eigenvalue weighted by Crippen LogP contribution is 2.33. The van der Waals surface area contributed by atoms with E-state index in [2.05, 4.69) is 14.5 Å². The standard InChI is InChI=1S/C9H8F6O4/c1-17-6(16)2-3-18-19-9(14,15)8(13)7(12)5(11)4-10/h4H,2-3H2,1H3/b5-4-,8-7+. The first-order chi connectivity index (χ1) is 8.76. The molecule has 0 aromatic rings. The zero-order valence-corrected chi connectivity index (χ0v) is 9.39. The molecule has 0 atom stereocenters. The molecular formula is C9H8F6O4. The van der Waals surface area contributed by atoms with Crippen LogP contribution >= 0.6 is 0 Å². The fourth-order valence-corrected chi connectivity index (χ4v) is 0.660. The topological polar surface area (TPSA) is 44.8 Å². The normalized spacial score (nSPS) is 14.2. The van der Waals surface area contributed by atoms with Crippen molar-refractivity contribution in [2.45, 2.75) is 12.5 Å². The van der Waals surface area contributed by atoms with Crippen molar-refractivity contribution in [2.75, 3.05) is 13.7 Å². The van der Waals surface area contributed by atoms with E-state index in [1.54, 1.807) is 0 Å². The van der Waals surface area contributed by atoms with E-state index in [1.165, 1.54) is 0 Å². The summed E-state index contributed by atoms with van der Waals surface area (Å²) >= 11 is 0. The number of ether oxygens (including phenoxy) is 1. The Morgan fingerprint density at radius 2 is 1.84 bits per heavy atom. The molecule has 0 aliphatic rings. The van der Waals surface area contributed by atoms with E-state index in [0.29, 0.717) is 0 Å². The second kappa shape index (κ2) is 7.79.